The third-order valence-electron chi connectivity index (χ3n) is 4.26. The van der Waals surface area contributed by atoms with E-state index in [2.05, 4.69) is 17.3 Å². The van der Waals surface area contributed by atoms with Gasteiger partial charge in [0.1, 0.15) is 0 Å². The smallest absolute Gasteiger partial charge is 0.0476 e. The molecular formula is C11H22N2O. The molecule has 2 aliphatic heterocycles. The van der Waals surface area contributed by atoms with Gasteiger partial charge >= 0.3 is 0 Å². The quantitative estimate of drug-likeness (QED) is 0.636. The monoisotopic (exact) mass is 198 g/mol. The lowest BCUT2D eigenvalue weighted by Gasteiger charge is -2.48. The zero-order valence-corrected chi connectivity index (χ0v) is 9.13. The van der Waals surface area contributed by atoms with Crippen LogP contribution in [-0.4, -0.2) is 49.8 Å². The maximum Gasteiger partial charge on any atom is 0.0476 e. The normalized spacial score (nSPS) is 33.4. The summed E-state index contributed by atoms with van der Waals surface area (Å²) in [5.74, 6) is 0.491. The number of aliphatic hydroxyl groups is 1. The van der Waals surface area contributed by atoms with Crippen LogP contribution in [-0.2, 0) is 0 Å². The third-order valence-corrected chi connectivity index (χ3v) is 4.26. The molecule has 0 aromatic rings. The van der Waals surface area contributed by atoms with E-state index in [0.29, 0.717) is 17.9 Å². The average Bonchev–Trinajstić information content (AvgIpc) is 2.23. The molecule has 0 aromatic carbocycles. The first kappa shape index (κ1) is 10.4. The minimum Gasteiger partial charge on any atom is -0.396 e. The summed E-state index contributed by atoms with van der Waals surface area (Å²) >= 11 is 0. The summed E-state index contributed by atoms with van der Waals surface area (Å²) in [6.07, 6.45) is 3.80. The molecule has 2 N–H and O–H groups in total. The number of likely N-dealkylation sites (tertiary alicyclic amines) is 1. The second kappa shape index (κ2) is 4.17. The molecule has 0 saturated carbocycles. The number of hydrogen-bond acceptors (Lipinski definition) is 3. The summed E-state index contributed by atoms with van der Waals surface area (Å²) in [6.45, 7) is 4.92. The Morgan fingerprint density at radius 3 is 2.71 bits per heavy atom. The van der Waals surface area contributed by atoms with Crippen LogP contribution in [0.15, 0.2) is 0 Å². The van der Waals surface area contributed by atoms with Gasteiger partial charge in [0.2, 0.25) is 0 Å². The summed E-state index contributed by atoms with van der Waals surface area (Å²) < 4.78 is 0. The van der Waals surface area contributed by atoms with Crippen molar-refractivity contribution in [3.63, 3.8) is 0 Å². The Morgan fingerprint density at radius 1 is 1.36 bits per heavy atom. The minimum absolute atomic E-state index is 0.358. The molecule has 82 valence electrons. The fourth-order valence-electron chi connectivity index (χ4n) is 3.01. The molecule has 1 spiro atoms. The molecule has 2 heterocycles. The summed E-state index contributed by atoms with van der Waals surface area (Å²) in [7, 11) is 2.20. The molecule has 1 unspecified atom stereocenters. The molecule has 3 nitrogen and oxygen atoms in total. The molecule has 0 radical (unpaired) electrons. The number of aliphatic hydroxyl groups excluding tert-OH is 1. The highest BCUT2D eigenvalue weighted by Crippen LogP contribution is 2.42. The van der Waals surface area contributed by atoms with E-state index in [0.717, 1.165) is 13.1 Å². The van der Waals surface area contributed by atoms with Crippen LogP contribution in [0.3, 0.4) is 0 Å². The lowest BCUT2D eigenvalue weighted by molar-refractivity contribution is 0.00202. The van der Waals surface area contributed by atoms with Crippen molar-refractivity contribution in [1.82, 2.24) is 10.2 Å². The first-order valence-electron chi connectivity index (χ1n) is 5.77. The van der Waals surface area contributed by atoms with E-state index < -0.39 is 0 Å². The topological polar surface area (TPSA) is 35.5 Å². The molecule has 14 heavy (non-hydrogen) atoms. The highest BCUT2D eigenvalue weighted by molar-refractivity contribution is 4.94. The standard InChI is InChI=1S/C11H22N2O/c1-13-6-3-11(4-7-13)2-5-12-8-10(11)9-14/h10,12,14H,2-9H2,1H3. The molecule has 2 rings (SSSR count). The van der Waals surface area contributed by atoms with Gasteiger partial charge in [0.05, 0.1) is 0 Å². The van der Waals surface area contributed by atoms with Gasteiger partial charge in [0.25, 0.3) is 0 Å². The summed E-state index contributed by atoms with van der Waals surface area (Å²) in [5.41, 5.74) is 0.451. The molecule has 3 heteroatoms. The zero-order chi connectivity index (χ0) is 10.0. The van der Waals surface area contributed by atoms with Gasteiger partial charge in [-0.3, -0.25) is 0 Å². The Kier molecular flexibility index (Phi) is 3.10. The van der Waals surface area contributed by atoms with Crippen molar-refractivity contribution in [2.45, 2.75) is 19.3 Å². The fraction of sp³-hybridized carbons (Fsp3) is 1.00. The SMILES string of the molecule is CN1CCC2(CCNCC2CO)CC1. The highest BCUT2D eigenvalue weighted by atomic mass is 16.3. The first-order chi connectivity index (χ1) is 6.77. The van der Waals surface area contributed by atoms with E-state index in [-0.39, 0.29) is 0 Å². The van der Waals surface area contributed by atoms with Crippen molar-refractivity contribution in [3.05, 3.63) is 0 Å². The van der Waals surface area contributed by atoms with E-state index in [1.54, 1.807) is 0 Å². The van der Waals surface area contributed by atoms with Gasteiger partial charge in [-0.05, 0) is 51.4 Å². The minimum atomic E-state index is 0.358. The van der Waals surface area contributed by atoms with Crippen LogP contribution < -0.4 is 5.32 Å². The number of rotatable bonds is 1. The number of nitrogens with one attached hydrogen (secondary N) is 1. The predicted octanol–water partition coefficient (Wildman–Crippen LogP) is 0.300. The van der Waals surface area contributed by atoms with Crippen LogP contribution in [0.1, 0.15) is 19.3 Å². The Bertz CT molecular complexity index is 188. The Hall–Kier alpha value is -0.120. The largest absolute Gasteiger partial charge is 0.396 e. The second-order valence-corrected chi connectivity index (χ2v) is 5.00. The van der Waals surface area contributed by atoms with Gasteiger partial charge in [-0.1, -0.05) is 0 Å². The van der Waals surface area contributed by atoms with E-state index in [1.807, 2.05) is 0 Å². The second-order valence-electron chi connectivity index (χ2n) is 5.00. The van der Waals surface area contributed by atoms with Crippen LogP contribution in [0.2, 0.25) is 0 Å². The van der Waals surface area contributed by atoms with Crippen molar-refractivity contribution < 1.29 is 5.11 Å². The van der Waals surface area contributed by atoms with Crippen LogP contribution in [0.4, 0.5) is 0 Å². The van der Waals surface area contributed by atoms with Crippen LogP contribution >= 0.6 is 0 Å². The van der Waals surface area contributed by atoms with Crippen LogP contribution in [0, 0.1) is 11.3 Å². The van der Waals surface area contributed by atoms with Gasteiger partial charge < -0.3 is 15.3 Å². The molecule has 2 fully saturated rings. The summed E-state index contributed by atoms with van der Waals surface area (Å²) in [5, 5.41) is 12.8. The van der Waals surface area contributed by atoms with Gasteiger partial charge in [-0.25, -0.2) is 0 Å². The molecule has 2 saturated heterocycles. The van der Waals surface area contributed by atoms with Crippen molar-refractivity contribution in [1.29, 1.82) is 0 Å². The van der Waals surface area contributed by atoms with E-state index in [9.17, 15) is 5.11 Å². The Morgan fingerprint density at radius 2 is 2.07 bits per heavy atom. The van der Waals surface area contributed by atoms with Crippen molar-refractivity contribution in [2.75, 3.05) is 39.8 Å². The summed E-state index contributed by atoms with van der Waals surface area (Å²) in [4.78, 5) is 2.40. The van der Waals surface area contributed by atoms with Crippen molar-refractivity contribution in [2.24, 2.45) is 11.3 Å². The molecule has 0 bridgehead atoms. The molecule has 2 aliphatic rings. The maximum atomic E-state index is 9.42. The molecule has 1 atom stereocenters. The number of piperidine rings is 2. The average molecular weight is 198 g/mol. The summed E-state index contributed by atoms with van der Waals surface area (Å²) in [6, 6.07) is 0. The first-order valence-corrected chi connectivity index (χ1v) is 5.77. The van der Waals surface area contributed by atoms with Gasteiger partial charge in [0, 0.05) is 19.1 Å². The lowest BCUT2D eigenvalue weighted by Crippen LogP contribution is -2.51. The Balaban J connectivity index is 2.03. The lowest BCUT2D eigenvalue weighted by atomic mass is 9.65. The van der Waals surface area contributed by atoms with Crippen molar-refractivity contribution >= 4 is 0 Å². The van der Waals surface area contributed by atoms with E-state index >= 15 is 0 Å². The van der Waals surface area contributed by atoms with Gasteiger partial charge in [0.15, 0.2) is 0 Å². The van der Waals surface area contributed by atoms with Crippen LogP contribution in [0.5, 0.6) is 0 Å². The number of hydrogen-bond donors (Lipinski definition) is 2. The molecule has 0 amide bonds. The molecule has 0 aliphatic carbocycles. The van der Waals surface area contributed by atoms with Gasteiger partial charge in [-0.2, -0.15) is 0 Å². The van der Waals surface area contributed by atoms with E-state index in [1.165, 1.54) is 32.4 Å². The molecule has 0 aromatic heterocycles. The highest BCUT2D eigenvalue weighted by Gasteiger charge is 2.41. The van der Waals surface area contributed by atoms with Gasteiger partial charge in [-0.15, -0.1) is 0 Å². The van der Waals surface area contributed by atoms with Crippen molar-refractivity contribution in [3.8, 4) is 0 Å². The molecular weight excluding hydrogens is 176 g/mol. The van der Waals surface area contributed by atoms with Crippen LogP contribution in [0.25, 0.3) is 0 Å². The predicted molar refractivity (Wildman–Crippen MR) is 57.2 cm³/mol. The Labute approximate surface area is 86.5 Å². The number of nitrogens with zero attached hydrogens (tertiary/aromatic N) is 1. The zero-order valence-electron chi connectivity index (χ0n) is 9.13. The fourth-order valence-corrected chi connectivity index (χ4v) is 3.01. The third kappa shape index (κ3) is 1.81. The maximum absolute atomic E-state index is 9.42. The van der Waals surface area contributed by atoms with E-state index in [4.69, 9.17) is 0 Å².